The van der Waals surface area contributed by atoms with Gasteiger partial charge in [0.05, 0.1) is 11.4 Å². The Morgan fingerprint density at radius 3 is 2.81 bits per heavy atom. The number of likely N-dealkylation sites (N-methyl/N-ethyl adjacent to an activating group) is 1. The van der Waals surface area contributed by atoms with Gasteiger partial charge in [0, 0.05) is 30.1 Å². The molecule has 0 N–H and O–H groups in total. The van der Waals surface area contributed by atoms with Crippen molar-refractivity contribution in [3.63, 3.8) is 0 Å². The monoisotopic (exact) mass is 452 g/mol. The normalized spacial score (nSPS) is 27.8. The number of allylic oxidation sites excluding steroid dienone is 4. The van der Waals surface area contributed by atoms with Gasteiger partial charge in [-0.3, -0.25) is 9.79 Å². The van der Waals surface area contributed by atoms with Crippen LogP contribution in [0, 0.1) is 17.8 Å². The van der Waals surface area contributed by atoms with Gasteiger partial charge in [-0.2, -0.15) is 0 Å². The van der Waals surface area contributed by atoms with E-state index in [0.717, 1.165) is 49.1 Å². The summed E-state index contributed by atoms with van der Waals surface area (Å²) in [6.45, 7) is 8.44. The maximum Gasteiger partial charge on any atom is 0.232 e. The molecule has 3 atom stereocenters. The second-order valence-electron chi connectivity index (χ2n) is 9.40. The first kappa shape index (κ1) is 21.3. The maximum atomic E-state index is 13.2. The van der Waals surface area contributed by atoms with E-state index in [-0.39, 0.29) is 5.91 Å². The number of amides is 1. The molecule has 3 nitrogen and oxygen atoms in total. The van der Waals surface area contributed by atoms with Gasteiger partial charge in [-0.1, -0.05) is 30.3 Å². The lowest BCUT2D eigenvalue weighted by Gasteiger charge is -2.32. The molecule has 5 heteroatoms. The standard InChI is InChI=1S/C26H32N2OS2/c1-4-28(25(29)13-18-6-5-11-30-18)26-16(2)7-8-20-22-14-27-15-23(21-12-17(21)3)19(22)9-10-24(20)31-26/h5-6,11,14,17,21,23H,4,7-10,12-13,15H2,1-3H3. The largest absolute Gasteiger partial charge is 0.307 e. The van der Waals surface area contributed by atoms with Gasteiger partial charge in [-0.05, 0) is 90.9 Å². The molecular weight excluding hydrogens is 420 g/mol. The Hall–Kier alpha value is -1.59. The summed E-state index contributed by atoms with van der Waals surface area (Å²) in [5.74, 6) is 2.61. The van der Waals surface area contributed by atoms with E-state index < -0.39 is 0 Å². The van der Waals surface area contributed by atoms with Crippen LogP contribution in [0.5, 0.6) is 0 Å². The number of hydrogen-bond acceptors (Lipinski definition) is 4. The molecule has 0 bridgehead atoms. The fraction of sp³-hybridized carbons (Fsp3) is 0.538. The van der Waals surface area contributed by atoms with Gasteiger partial charge >= 0.3 is 0 Å². The van der Waals surface area contributed by atoms with Crippen LogP contribution in [-0.2, 0) is 11.2 Å². The third kappa shape index (κ3) is 4.11. The fourth-order valence-corrected chi connectivity index (χ4v) is 7.57. The molecule has 0 aromatic carbocycles. The third-order valence-electron chi connectivity index (χ3n) is 7.39. The van der Waals surface area contributed by atoms with Crippen LogP contribution in [0.2, 0.25) is 0 Å². The smallest absolute Gasteiger partial charge is 0.232 e. The molecule has 4 aliphatic rings. The number of thioether (sulfide) groups is 1. The zero-order valence-corrected chi connectivity index (χ0v) is 20.5. The number of hydrogen-bond donors (Lipinski definition) is 0. The van der Waals surface area contributed by atoms with E-state index in [1.54, 1.807) is 16.9 Å². The van der Waals surface area contributed by atoms with Gasteiger partial charge in [0.25, 0.3) is 0 Å². The minimum absolute atomic E-state index is 0.216. The molecule has 1 amide bonds. The highest BCUT2D eigenvalue weighted by Gasteiger charge is 2.43. The predicted molar refractivity (Wildman–Crippen MR) is 132 cm³/mol. The molecular formula is C26H32N2OS2. The Morgan fingerprint density at radius 2 is 2.10 bits per heavy atom. The predicted octanol–water partition coefficient (Wildman–Crippen LogP) is 6.60. The Bertz CT molecular complexity index is 999. The summed E-state index contributed by atoms with van der Waals surface area (Å²) in [6, 6.07) is 4.09. The SMILES string of the molecule is CCN(C(=O)Cc1cccs1)C1=C(C)CCC2=C(CCC3=C2C=NCC3C2CC2C)S1. The molecule has 0 radical (unpaired) electrons. The van der Waals surface area contributed by atoms with Crippen LogP contribution in [0.3, 0.4) is 0 Å². The van der Waals surface area contributed by atoms with Crippen molar-refractivity contribution in [1.29, 1.82) is 0 Å². The van der Waals surface area contributed by atoms with Crippen LogP contribution < -0.4 is 0 Å². The van der Waals surface area contributed by atoms with Gasteiger partial charge in [0.1, 0.15) is 0 Å². The van der Waals surface area contributed by atoms with Gasteiger partial charge in [-0.25, -0.2) is 0 Å². The van der Waals surface area contributed by atoms with Crippen molar-refractivity contribution in [2.75, 3.05) is 13.1 Å². The number of aliphatic imine (C=N–C) groups is 1. The lowest BCUT2D eigenvalue weighted by Crippen LogP contribution is -2.31. The quantitative estimate of drug-likeness (QED) is 0.504. The minimum Gasteiger partial charge on any atom is -0.307 e. The van der Waals surface area contributed by atoms with E-state index in [9.17, 15) is 4.79 Å². The van der Waals surface area contributed by atoms with E-state index in [0.29, 0.717) is 12.3 Å². The Balaban J connectivity index is 1.41. The van der Waals surface area contributed by atoms with E-state index in [1.165, 1.54) is 39.5 Å². The summed E-state index contributed by atoms with van der Waals surface area (Å²) in [5.41, 5.74) is 6.00. The summed E-state index contributed by atoms with van der Waals surface area (Å²) < 4.78 is 0. The molecule has 3 unspecified atom stereocenters. The summed E-state index contributed by atoms with van der Waals surface area (Å²) >= 11 is 3.54. The maximum absolute atomic E-state index is 13.2. The number of carbonyl (C=O) groups is 1. The highest BCUT2D eigenvalue weighted by molar-refractivity contribution is 8.06. The van der Waals surface area contributed by atoms with Crippen molar-refractivity contribution in [1.82, 2.24) is 4.90 Å². The van der Waals surface area contributed by atoms with E-state index in [1.807, 2.05) is 22.7 Å². The lowest BCUT2D eigenvalue weighted by molar-refractivity contribution is -0.127. The van der Waals surface area contributed by atoms with Crippen molar-refractivity contribution in [3.05, 3.63) is 54.6 Å². The molecule has 1 aromatic heterocycles. The van der Waals surface area contributed by atoms with Crippen molar-refractivity contribution in [3.8, 4) is 0 Å². The summed E-state index contributed by atoms with van der Waals surface area (Å²) in [5, 5.41) is 3.23. The van der Waals surface area contributed by atoms with Crippen LogP contribution in [0.15, 0.2) is 54.7 Å². The van der Waals surface area contributed by atoms with E-state index in [2.05, 4.69) is 38.4 Å². The summed E-state index contributed by atoms with van der Waals surface area (Å²) in [6.07, 6.45) is 8.44. The van der Waals surface area contributed by atoms with Crippen molar-refractivity contribution >= 4 is 35.2 Å². The average molecular weight is 453 g/mol. The zero-order valence-electron chi connectivity index (χ0n) is 18.8. The molecule has 0 saturated heterocycles. The minimum atomic E-state index is 0.216. The summed E-state index contributed by atoms with van der Waals surface area (Å²) in [4.78, 5) is 22.6. The number of dihydropyridines is 1. The Kier molecular flexibility index (Phi) is 6.00. The first-order valence-corrected chi connectivity index (χ1v) is 13.4. The molecule has 5 rings (SSSR count). The topological polar surface area (TPSA) is 32.7 Å². The summed E-state index contributed by atoms with van der Waals surface area (Å²) in [7, 11) is 0. The molecule has 1 aromatic rings. The van der Waals surface area contributed by atoms with E-state index >= 15 is 0 Å². The number of fused-ring (bicyclic) bond motifs is 1. The number of thiophene rings is 1. The van der Waals surface area contributed by atoms with Crippen LogP contribution in [0.25, 0.3) is 0 Å². The van der Waals surface area contributed by atoms with Crippen LogP contribution >= 0.6 is 23.1 Å². The molecule has 2 aliphatic carbocycles. The fourth-order valence-electron chi connectivity index (χ4n) is 5.48. The second-order valence-corrected chi connectivity index (χ2v) is 11.5. The van der Waals surface area contributed by atoms with Crippen molar-refractivity contribution in [2.45, 2.75) is 59.3 Å². The highest BCUT2D eigenvalue weighted by atomic mass is 32.2. The van der Waals surface area contributed by atoms with Crippen molar-refractivity contribution < 1.29 is 4.79 Å². The van der Waals surface area contributed by atoms with Gasteiger partial charge < -0.3 is 4.90 Å². The molecule has 1 fully saturated rings. The zero-order chi connectivity index (χ0) is 21.5. The molecule has 3 heterocycles. The Morgan fingerprint density at radius 1 is 1.26 bits per heavy atom. The second kappa shape index (κ2) is 8.74. The number of rotatable bonds is 5. The molecule has 2 aliphatic heterocycles. The van der Waals surface area contributed by atoms with Crippen LogP contribution in [0.4, 0.5) is 0 Å². The Labute approximate surface area is 194 Å². The van der Waals surface area contributed by atoms with Gasteiger partial charge in [-0.15, -0.1) is 11.3 Å². The first-order chi connectivity index (χ1) is 15.1. The van der Waals surface area contributed by atoms with Crippen LogP contribution in [0.1, 0.15) is 57.8 Å². The lowest BCUT2D eigenvalue weighted by atomic mass is 9.78. The van der Waals surface area contributed by atoms with Gasteiger partial charge in [0.15, 0.2) is 0 Å². The van der Waals surface area contributed by atoms with E-state index in [4.69, 9.17) is 4.99 Å². The average Bonchev–Trinajstić information content (AvgIpc) is 3.32. The first-order valence-electron chi connectivity index (χ1n) is 11.7. The third-order valence-corrected chi connectivity index (χ3v) is 9.73. The molecule has 0 spiro atoms. The number of carbonyl (C=O) groups excluding carboxylic acids is 1. The van der Waals surface area contributed by atoms with Gasteiger partial charge in [0.2, 0.25) is 5.91 Å². The molecule has 1 saturated carbocycles. The number of nitrogens with zero attached hydrogens (tertiary/aromatic N) is 2. The van der Waals surface area contributed by atoms with Crippen molar-refractivity contribution in [2.24, 2.45) is 22.7 Å². The molecule has 31 heavy (non-hydrogen) atoms. The van der Waals surface area contributed by atoms with Crippen LogP contribution in [-0.4, -0.2) is 30.1 Å². The molecule has 164 valence electrons. The highest BCUT2D eigenvalue weighted by Crippen LogP contribution is 2.53.